The van der Waals surface area contributed by atoms with Gasteiger partial charge in [0.1, 0.15) is 34.4 Å². The van der Waals surface area contributed by atoms with E-state index < -0.39 is 5.97 Å². The second-order valence-electron chi connectivity index (χ2n) is 5.70. The van der Waals surface area contributed by atoms with Crippen LogP contribution in [0.1, 0.15) is 23.0 Å². The molecule has 0 saturated carbocycles. The first-order valence-electron chi connectivity index (χ1n) is 8.09. The molecule has 3 heterocycles. The van der Waals surface area contributed by atoms with Crippen molar-refractivity contribution in [1.82, 2.24) is 19.7 Å². The molecule has 0 fully saturated rings. The Kier molecular flexibility index (Phi) is 3.80. The van der Waals surface area contributed by atoms with E-state index in [4.69, 9.17) is 13.9 Å². The third kappa shape index (κ3) is 2.55. The molecular formula is C18H16N4O4. The van der Waals surface area contributed by atoms with Gasteiger partial charge in [-0.15, -0.1) is 0 Å². The zero-order chi connectivity index (χ0) is 18.3. The maximum atomic E-state index is 12.2. The Hall–Kier alpha value is -3.42. The fourth-order valence-corrected chi connectivity index (χ4v) is 2.85. The fraction of sp³-hybridized carbons (Fsp3) is 0.222. The molecule has 26 heavy (non-hydrogen) atoms. The second-order valence-corrected chi connectivity index (χ2v) is 5.70. The van der Waals surface area contributed by atoms with E-state index in [2.05, 4.69) is 15.1 Å². The molecule has 0 unspecified atom stereocenters. The summed E-state index contributed by atoms with van der Waals surface area (Å²) in [6.45, 7) is 3.79. The summed E-state index contributed by atoms with van der Waals surface area (Å²) >= 11 is 0. The number of carbonyl (C=O) groups excluding carboxylic acids is 1. The van der Waals surface area contributed by atoms with Gasteiger partial charge in [-0.05, 0) is 32.0 Å². The molecule has 0 spiro atoms. The van der Waals surface area contributed by atoms with Crippen molar-refractivity contribution in [3.05, 3.63) is 42.0 Å². The van der Waals surface area contributed by atoms with Crippen LogP contribution in [0.2, 0.25) is 0 Å². The number of hydrogen-bond donors (Lipinski definition) is 0. The van der Waals surface area contributed by atoms with E-state index in [1.807, 2.05) is 0 Å². The van der Waals surface area contributed by atoms with Crippen LogP contribution in [0.3, 0.4) is 0 Å². The molecule has 4 aromatic rings. The average Bonchev–Trinajstić information content (AvgIpc) is 3.15. The molecule has 8 nitrogen and oxygen atoms in total. The number of aromatic nitrogens is 4. The Morgan fingerprint density at radius 3 is 2.92 bits per heavy atom. The second kappa shape index (κ2) is 6.14. The van der Waals surface area contributed by atoms with Crippen LogP contribution in [0.4, 0.5) is 0 Å². The lowest BCUT2D eigenvalue weighted by molar-refractivity contribution is 0.0526. The van der Waals surface area contributed by atoms with Gasteiger partial charge in [-0.3, -0.25) is 4.68 Å². The van der Waals surface area contributed by atoms with Gasteiger partial charge in [0.2, 0.25) is 5.88 Å². The first-order valence-corrected chi connectivity index (χ1v) is 8.09. The lowest BCUT2D eigenvalue weighted by Crippen LogP contribution is -2.05. The number of carbonyl (C=O) groups is 1. The zero-order valence-corrected chi connectivity index (χ0v) is 14.5. The maximum absolute atomic E-state index is 12.2. The molecule has 0 amide bonds. The van der Waals surface area contributed by atoms with Crippen molar-refractivity contribution >= 4 is 28.0 Å². The van der Waals surface area contributed by atoms with Gasteiger partial charge < -0.3 is 13.9 Å². The minimum atomic E-state index is -0.419. The molecule has 4 rings (SSSR count). The summed E-state index contributed by atoms with van der Waals surface area (Å²) in [7, 11) is 1.80. The summed E-state index contributed by atoms with van der Waals surface area (Å²) in [5.74, 6) is 0.998. The van der Waals surface area contributed by atoms with Crippen LogP contribution in [0.25, 0.3) is 22.0 Å². The smallest absolute Gasteiger partial charge is 0.342 e. The summed E-state index contributed by atoms with van der Waals surface area (Å²) < 4.78 is 18.3. The number of esters is 1. The number of aryl methyl sites for hydroxylation is 2. The Bertz CT molecular complexity index is 1130. The van der Waals surface area contributed by atoms with E-state index in [1.54, 1.807) is 50.0 Å². The number of nitrogens with zero attached hydrogens (tertiary/aromatic N) is 4. The molecule has 0 radical (unpaired) electrons. The molecule has 8 heteroatoms. The summed E-state index contributed by atoms with van der Waals surface area (Å²) in [5.41, 5.74) is 1.66. The molecule has 0 aliphatic rings. The number of fused-ring (bicyclic) bond motifs is 2. The highest BCUT2D eigenvalue weighted by Gasteiger charge is 2.20. The predicted molar refractivity (Wildman–Crippen MR) is 93.3 cm³/mol. The number of ether oxygens (including phenoxy) is 2. The van der Waals surface area contributed by atoms with Crippen molar-refractivity contribution in [1.29, 1.82) is 0 Å². The first kappa shape index (κ1) is 16.1. The van der Waals surface area contributed by atoms with E-state index in [-0.39, 0.29) is 0 Å². The molecule has 0 atom stereocenters. The van der Waals surface area contributed by atoms with Gasteiger partial charge in [0.15, 0.2) is 5.65 Å². The number of rotatable bonds is 4. The van der Waals surface area contributed by atoms with Gasteiger partial charge in [0.05, 0.1) is 12.8 Å². The average molecular weight is 352 g/mol. The monoisotopic (exact) mass is 352 g/mol. The van der Waals surface area contributed by atoms with Crippen molar-refractivity contribution < 1.29 is 18.7 Å². The van der Waals surface area contributed by atoms with Gasteiger partial charge in [-0.2, -0.15) is 5.10 Å². The summed E-state index contributed by atoms with van der Waals surface area (Å²) in [4.78, 5) is 20.6. The Morgan fingerprint density at radius 2 is 2.12 bits per heavy atom. The van der Waals surface area contributed by atoms with E-state index in [1.165, 1.54) is 6.33 Å². The molecule has 0 saturated heterocycles. The molecular weight excluding hydrogens is 336 g/mol. The van der Waals surface area contributed by atoms with Crippen molar-refractivity contribution in [2.75, 3.05) is 6.61 Å². The van der Waals surface area contributed by atoms with Gasteiger partial charge >= 0.3 is 5.97 Å². The maximum Gasteiger partial charge on any atom is 0.342 e. The number of benzene rings is 1. The molecule has 0 N–H and O–H groups in total. The van der Waals surface area contributed by atoms with Crippen molar-refractivity contribution in [2.24, 2.45) is 7.05 Å². The highest BCUT2D eigenvalue weighted by Crippen LogP contribution is 2.32. The molecule has 0 aliphatic carbocycles. The molecule has 132 valence electrons. The van der Waals surface area contributed by atoms with Crippen LogP contribution >= 0.6 is 0 Å². The largest absolute Gasteiger partial charge is 0.462 e. The molecule has 3 aromatic heterocycles. The van der Waals surface area contributed by atoms with Gasteiger partial charge in [-0.25, -0.2) is 14.8 Å². The summed E-state index contributed by atoms with van der Waals surface area (Å²) in [6.07, 6.45) is 3.07. The highest BCUT2D eigenvalue weighted by molar-refractivity contribution is 6.04. The van der Waals surface area contributed by atoms with Crippen molar-refractivity contribution in [3.8, 4) is 11.6 Å². The minimum absolute atomic E-state index is 0.293. The van der Waals surface area contributed by atoms with Crippen LogP contribution in [0, 0.1) is 6.92 Å². The van der Waals surface area contributed by atoms with E-state index in [9.17, 15) is 4.79 Å². The number of hydrogen-bond acceptors (Lipinski definition) is 7. The molecule has 0 bridgehead atoms. The summed E-state index contributed by atoms with van der Waals surface area (Å²) in [6, 6.07) is 5.24. The van der Waals surface area contributed by atoms with E-state index in [0.29, 0.717) is 51.6 Å². The Morgan fingerprint density at radius 1 is 1.27 bits per heavy atom. The molecule has 0 aliphatic heterocycles. The van der Waals surface area contributed by atoms with Crippen molar-refractivity contribution in [3.63, 3.8) is 0 Å². The van der Waals surface area contributed by atoms with Gasteiger partial charge in [0, 0.05) is 12.4 Å². The van der Waals surface area contributed by atoms with Gasteiger partial charge in [0.25, 0.3) is 0 Å². The van der Waals surface area contributed by atoms with Crippen LogP contribution in [0.5, 0.6) is 11.6 Å². The van der Waals surface area contributed by atoms with Crippen LogP contribution in [0.15, 0.2) is 35.1 Å². The topological polar surface area (TPSA) is 92.3 Å². The lowest BCUT2D eigenvalue weighted by Gasteiger charge is -2.06. The van der Waals surface area contributed by atoms with Crippen LogP contribution in [-0.2, 0) is 11.8 Å². The fourth-order valence-electron chi connectivity index (χ4n) is 2.85. The van der Waals surface area contributed by atoms with Gasteiger partial charge in [-0.1, -0.05) is 0 Å². The van der Waals surface area contributed by atoms with Crippen molar-refractivity contribution in [2.45, 2.75) is 13.8 Å². The lowest BCUT2D eigenvalue weighted by atomic mass is 10.1. The standard InChI is InChI=1S/C18H16N4O4/c1-4-24-18(23)15-10(2)25-14-6-5-11(7-12(14)15)26-17-13-8-21-22(3)16(13)19-9-20-17/h5-9H,4H2,1-3H3. The quantitative estimate of drug-likeness (QED) is 0.520. The van der Waals surface area contributed by atoms with E-state index >= 15 is 0 Å². The molecule has 1 aromatic carbocycles. The normalized spacial score (nSPS) is 11.2. The zero-order valence-electron chi connectivity index (χ0n) is 14.5. The number of furan rings is 1. The Labute approximate surface area is 148 Å². The van der Waals surface area contributed by atoms with Crippen LogP contribution in [-0.4, -0.2) is 32.3 Å². The third-order valence-corrected chi connectivity index (χ3v) is 4.02. The highest BCUT2D eigenvalue weighted by atomic mass is 16.5. The predicted octanol–water partition coefficient (Wildman–Crippen LogP) is 3.39. The van der Waals surface area contributed by atoms with Crippen LogP contribution < -0.4 is 4.74 Å². The first-order chi connectivity index (χ1) is 12.6. The minimum Gasteiger partial charge on any atom is -0.462 e. The summed E-state index contributed by atoms with van der Waals surface area (Å²) in [5, 5.41) is 5.50. The van der Waals surface area contributed by atoms with E-state index in [0.717, 1.165) is 0 Å². The third-order valence-electron chi connectivity index (χ3n) is 4.02. The SMILES string of the molecule is CCOC(=O)c1c(C)oc2ccc(Oc3ncnc4c3cnn4C)cc12. The Balaban J connectivity index is 1.77.